The first-order valence-electron chi connectivity index (χ1n) is 5.65. The topological polar surface area (TPSA) is 48.1 Å². The maximum Gasteiger partial charge on any atom is 0.269 e. The first-order chi connectivity index (χ1) is 8.58. The smallest absolute Gasteiger partial charge is 0.269 e. The van der Waals surface area contributed by atoms with Crippen molar-refractivity contribution in [3.63, 3.8) is 0 Å². The van der Waals surface area contributed by atoms with Crippen LogP contribution in [0.25, 0.3) is 11.8 Å². The maximum atomic E-state index is 10.6. The van der Waals surface area contributed by atoms with Gasteiger partial charge in [-0.25, -0.2) is 0 Å². The molecule has 0 spiro atoms. The van der Waals surface area contributed by atoms with Gasteiger partial charge in [0.15, 0.2) is 0 Å². The van der Waals surface area contributed by atoms with E-state index in [1.54, 1.807) is 12.1 Å². The van der Waals surface area contributed by atoms with Gasteiger partial charge in [0.05, 0.1) is 4.92 Å². The standard InChI is InChI=1S/C14H14N2O2/c1-11(2)10-14-4-3-9-15(14)12-5-7-13(8-6-12)16(17)18/h3-10H,1-2H3. The molecule has 2 aromatic rings. The summed E-state index contributed by atoms with van der Waals surface area (Å²) in [4.78, 5) is 10.2. The number of non-ortho nitro benzene ring substituents is 1. The molecule has 1 heterocycles. The summed E-state index contributed by atoms with van der Waals surface area (Å²) < 4.78 is 2.00. The second-order valence-corrected chi connectivity index (χ2v) is 4.30. The monoisotopic (exact) mass is 242 g/mol. The van der Waals surface area contributed by atoms with E-state index in [9.17, 15) is 10.1 Å². The van der Waals surface area contributed by atoms with Crippen LogP contribution in [0.3, 0.4) is 0 Å². The molecule has 4 heteroatoms. The van der Waals surface area contributed by atoms with Crippen molar-refractivity contribution < 1.29 is 4.92 Å². The van der Waals surface area contributed by atoms with Crippen LogP contribution in [0.15, 0.2) is 48.2 Å². The van der Waals surface area contributed by atoms with Gasteiger partial charge in [0.2, 0.25) is 0 Å². The summed E-state index contributed by atoms with van der Waals surface area (Å²) in [5.74, 6) is 0. The van der Waals surface area contributed by atoms with Crippen LogP contribution >= 0.6 is 0 Å². The van der Waals surface area contributed by atoms with Gasteiger partial charge in [-0.3, -0.25) is 10.1 Å². The van der Waals surface area contributed by atoms with Gasteiger partial charge in [0.1, 0.15) is 0 Å². The summed E-state index contributed by atoms with van der Waals surface area (Å²) in [5.41, 5.74) is 3.29. The van der Waals surface area contributed by atoms with Crippen molar-refractivity contribution >= 4 is 11.8 Å². The molecule has 0 amide bonds. The van der Waals surface area contributed by atoms with Crippen LogP contribution in [0.5, 0.6) is 0 Å². The largest absolute Gasteiger partial charge is 0.317 e. The predicted molar refractivity (Wildman–Crippen MR) is 71.7 cm³/mol. The van der Waals surface area contributed by atoms with Crippen molar-refractivity contribution in [2.75, 3.05) is 0 Å². The number of benzene rings is 1. The summed E-state index contributed by atoms with van der Waals surface area (Å²) in [6.45, 7) is 4.07. The van der Waals surface area contributed by atoms with Crippen LogP contribution in [0.4, 0.5) is 5.69 Å². The molecule has 0 aliphatic rings. The Hall–Kier alpha value is -2.36. The quantitative estimate of drug-likeness (QED) is 0.607. The van der Waals surface area contributed by atoms with Crippen molar-refractivity contribution in [3.05, 3.63) is 64.0 Å². The molecule has 2 rings (SSSR count). The molecule has 0 aliphatic heterocycles. The van der Waals surface area contributed by atoms with Gasteiger partial charge in [0, 0.05) is 29.7 Å². The molecule has 0 bridgehead atoms. The van der Waals surface area contributed by atoms with Gasteiger partial charge in [-0.15, -0.1) is 0 Å². The van der Waals surface area contributed by atoms with Gasteiger partial charge in [-0.05, 0) is 44.2 Å². The predicted octanol–water partition coefficient (Wildman–Crippen LogP) is 3.81. The van der Waals surface area contributed by atoms with E-state index >= 15 is 0 Å². The van der Waals surface area contributed by atoms with Crippen molar-refractivity contribution in [1.29, 1.82) is 0 Å². The number of hydrogen-bond donors (Lipinski definition) is 0. The Morgan fingerprint density at radius 1 is 1.22 bits per heavy atom. The fraction of sp³-hybridized carbons (Fsp3) is 0.143. The number of nitrogens with zero attached hydrogens (tertiary/aromatic N) is 2. The van der Waals surface area contributed by atoms with Gasteiger partial charge >= 0.3 is 0 Å². The number of nitro groups is 1. The molecule has 0 aliphatic carbocycles. The minimum atomic E-state index is -0.392. The third kappa shape index (κ3) is 2.48. The molecule has 0 fully saturated rings. The van der Waals surface area contributed by atoms with Gasteiger partial charge in [-0.1, -0.05) is 5.57 Å². The average Bonchev–Trinajstić information content (AvgIpc) is 2.76. The molecular formula is C14H14N2O2. The molecule has 18 heavy (non-hydrogen) atoms. The summed E-state index contributed by atoms with van der Waals surface area (Å²) in [7, 11) is 0. The van der Waals surface area contributed by atoms with E-state index in [0.29, 0.717) is 0 Å². The Morgan fingerprint density at radius 2 is 1.89 bits per heavy atom. The lowest BCUT2D eigenvalue weighted by molar-refractivity contribution is -0.384. The van der Waals surface area contributed by atoms with E-state index in [-0.39, 0.29) is 5.69 Å². The number of hydrogen-bond acceptors (Lipinski definition) is 2. The van der Waals surface area contributed by atoms with E-state index in [0.717, 1.165) is 11.4 Å². The summed E-state index contributed by atoms with van der Waals surface area (Å²) in [6, 6.07) is 10.5. The summed E-state index contributed by atoms with van der Waals surface area (Å²) >= 11 is 0. The average molecular weight is 242 g/mol. The summed E-state index contributed by atoms with van der Waals surface area (Å²) in [5, 5.41) is 10.6. The Labute approximate surface area is 105 Å². The lowest BCUT2D eigenvalue weighted by Gasteiger charge is -2.06. The second kappa shape index (κ2) is 4.87. The molecule has 0 saturated heterocycles. The first kappa shape index (κ1) is 12.1. The second-order valence-electron chi connectivity index (χ2n) is 4.30. The lowest BCUT2D eigenvalue weighted by Crippen LogP contribution is -1.95. The molecule has 1 aromatic carbocycles. The zero-order valence-corrected chi connectivity index (χ0v) is 10.3. The third-order valence-electron chi connectivity index (χ3n) is 2.56. The minimum absolute atomic E-state index is 0.106. The van der Waals surface area contributed by atoms with Crippen molar-refractivity contribution in [2.24, 2.45) is 0 Å². The molecule has 1 aromatic heterocycles. The maximum absolute atomic E-state index is 10.6. The summed E-state index contributed by atoms with van der Waals surface area (Å²) in [6.07, 6.45) is 4.01. The highest BCUT2D eigenvalue weighted by Crippen LogP contribution is 2.18. The fourth-order valence-electron chi connectivity index (χ4n) is 1.78. The number of allylic oxidation sites excluding steroid dienone is 1. The van der Waals surface area contributed by atoms with Crippen LogP contribution in [0.1, 0.15) is 19.5 Å². The molecule has 0 atom stereocenters. The Kier molecular flexibility index (Phi) is 3.28. The minimum Gasteiger partial charge on any atom is -0.317 e. The number of nitro benzene ring substituents is 1. The molecule has 0 N–H and O–H groups in total. The van der Waals surface area contributed by atoms with E-state index in [2.05, 4.69) is 6.08 Å². The molecule has 0 saturated carbocycles. The molecular weight excluding hydrogens is 228 g/mol. The van der Waals surface area contributed by atoms with E-state index in [1.807, 2.05) is 36.7 Å². The van der Waals surface area contributed by atoms with Gasteiger partial charge in [-0.2, -0.15) is 0 Å². The van der Waals surface area contributed by atoms with Crippen LogP contribution in [-0.2, 0) is 0 Å². The highest BCUT2D eigenvalue weighted by molar-refractivity contribution is 5.53. The first-order valence-corrected chi connectivity index (χ1v) is 5.65. The zero-order valence-electron chi connectivity index (χ0n) is 10.3. The molecule has 0 unspecified atom stereocenters. The Morgan fingerprint density at radius 3 is 2.44 bits per heavy atom. The molecule has 92 valence electrons. The van der Waals surface area contributed by atoms with Gasteiger partial charge in [0.25, 0.3) is 5.69 Å². The van der Waals surface area contributed by atoms with E-state index < -0.39 is 4.92 Å². The van der Waals surface area contributed by atoms with E-state index in [4.69, 9.17) is 0 Å². The molecule has 0 radical (unpaired) electrons. The van der Waals surface area contributed by atoms with Crippen molar-refractivity contribution in [3.8, 4) is 5.69 Å². The van der Waals surface area contributed by atoms with Crippen molar-refractivity contribution in [2.45, 2.75) is 13.8 Å². The zero-order chi connectivity index (χ0) is 13.1. The lowest BCUT2D eigenvalue weighted by atomic mass is 10.2. The highest BCUT2D eigenvalue weighted by atomic mass is 16.6. The fourth-order valence-corrected chi connectivity index (χ4v) is 1.78. The van der Waals surface area contributed by atoms with Crippen LogP contribution < -0.4 is 0 Å². The Bertz CT molecular complexity index is 591. The highest BCUT2D eigenvalue weighted by Gasteiger charge is 2.06. The van der Waals surface area contributed by atoms with Crippen LogP contribution in [0, 0.1) is 10.1 Å². The third-order valence-corrected chi connectivity index (χ3v) is 2.56. The number of rotatable bonds is 3. The molecule has 4 nitrogen and oxygen atoms in total. The van der Waals surface area contributed by atoms with E-state index in [1.165, 1.54) is 17.7 Å². The van der Waals surface area contributed by atoms with Crippen LogP contribution in [0.2, 0.25) is 0 Å². The van der Waals surface area contributed by atoms with Gasteiger partial charge < -0.3 is 4.57 Å². The Balaban J connectivity index is 2.40. The normalized spacial score (nSPS) is 10.1. The van der Waals surface area contributed by atoms with Crippen LogP contribution in [-0.4, -0.2) is 9.49 Å². The SMILES string of the molecule is CC(C)=Cc1cccn1-c1ccc([N+](=O)[O-])cc1. The number of aromatic nitrogens is 1. The van der Waals surface area contributed by atoms with Crippen molar-refractivity contribution in [1.82, 2.24) is 4.57 Å².